The lowest BCUT2D eigenvalue weighted by Gasteiger charge is -2.18. The van der Waals surface area contributed by atoms with E-state index in [-0.39, 0.29) is 5.54 Å². The van der Waals surface area contributed by atoms with Crippen molar-refractivity contribution >= 4 is 11.3 Å². The molecule has 1 rings (SSSR count). The lowest BCUT2D eigenvalue weighted by molar-refractivity contribution is 0.467. The standard InChI is InChI=1S/C10H19N3S/c1-7-9(14-8(2)13-7)5-12-6-10(3,4)11/h12H,5-6,11H2,1-4H3. The zero-order chi connectivity index (χ0) is 10.8. The predicted octanol–water partition coefficient (Wildman–Crippen LogP) is 1.59. The third-order valence-corrected chi connectivity index (χ3v) is 2.94. The molecule has 1 aromatic heterocycles. The molecule has 0 fully saturated rings. The average molecular weight is 213 g/mol. The second-order valence-electron chi connectivity index (χ2n) is 4.33. The molecule has 0 aliphatic heterocycles. The van der Waals surface area contributed by atoms with Gasteiger partial charge in [0.2, 0.25) is 0 Å². The average Bonchev–Trinajstić information content (AvgIpc) is 2.27. The summed E-state index contributed by atoms with van der Waals surface area (Å²) < 4.78 is 0. The minimum atomic E-state index is -0.145. The number of nitrogens with two attached hydrogens (primary N) is 1. The van der Waals surface area contributed by atoms with Gasteiger partial charge in [-0.2, -0.15) is 0 Å². The van der Waals surface area contributed by atoms with Crippen LogP contribution < -0.4 is 11.1 Å². The maximum atomic E-state index is 5.87. The molecular formula is C10H19N3S. The van der Waals surface area contributed by atoms with Gasteiger partial charge in [0, 0.05) is 23.5 Å². The maximum Gasteiger partial charge on any atom is 0.0900 e. The van der Waals surface area contributed by atoms with E-state index in [0.29, 0.717) is 0 Å². The summed E-state index contributed by atoms with van der Waals surface area (Å²) >= 11 is 1.75. The Morgan fingerprint density at radius 2 is 2.07 bits per heavy atom. The quantitative estimate of drug-likeness (QED) is 0.798. The van der Waals surface area contributed by atoms with Gasteiger partial charge in [-0.25, -0.2) is 4.98 Å². The summed E-state index contributed by atoms with van der Waals surface area (Å²) in [6.07, 6.45) is 0. The Morgan fingerprint density at radius 3 is 2.50 bits per heavy atom. The fraction of sp³-hybridized carbons (Fsp3) is 0.700. The molecule has 1 heterocycles. The highest BCUT2D eigenvalue weighted by molar-refractivity contribution is 7.11. The first-order valence-electron chi connectivity index (χ1n) is 4.81. The lowest BCUT2D eigenvalue weighted by Crippen LogP contribution is -2.42. The fourth-order valence-corrected chi connectivity index (χ4v) is 2.14. The highest BCUT2D eigenvalue weighted by Crippen LogP contribution is 2.16. The van der Waals surface area contributed by atoms with Crippen LogP contribution in [-0.2, 0) is 6.54 Å². The van der Waals surface area contributed by atoms with Crippen LogP contribution in [0.1, 0.15) is 29.4 Å². The van der Waals surface area contributed by atoms with Crippen molar-refractivity contribution < 1.29 is 0 Å². The Labute approximate surface area is 89.7 Å². The SMILES string of the molecule is Cc1nc(C)c(CNCC(C)(C)N)s1. The van der Waals surface area contributed by atoms with Crippen LogP contribution in [0.15, 0.2) is 0 Å². The van der Waals surface area contributed by atoms with E-state index in [0.717, 1.165) is 23.8 Å². The molecule has 0 bridgehead atoms. The summed E-state index contributed by atoms with van der Waals surface area (Å²) in [5.74, 6) is 0. The monoisotopic (exact) mass is 213 g/mol. The third kappa shape index (κ3) is 3.74. The van der Waals surface area contributed by atoms with Crippen LogP contribution in [-0.4, -0.2) is 17.1 Å². The first-order valence-corrected chi connectivity index (χ1v) is 5.62. The molecule has 0 saturated carbocycles. The van der Waals surface area contributed by atoms with Crippen LogP contribution in [0.4, 0.5) is 0 Å². The van der Waals surface area contributed by atoms with E-state index in [1.54, 1.807) is 11.3 Å². The number of aromatic nitrogens is 1. The molecule has 80 valence electrons. The highest BCUT2D eigenvalue weighted by Gasteiger charge is 2.10. The van der Waals surface area contributed by atoms with Gasteiger partial charge < -0.3 is 11.1 Å². The van der Waals surface area contributed by atoms with Crippen LogP contribution in [0.3, 0.4) is 0 Å². The number of nitrogens with zero attached hydrogens (tertiary/aromatic N) is 1. The van der Waals surface area contributed by atoms with Gasteiger partial charge in [-0.1, -0.05) is 0 Å². The first kappa shape index (κ1) is 11.6. The molecule has 0 radical (unpaired) electrons. The normalized spacial score (nSPS) is 12.1. The van der Waals surface area contributed by atoms with Crippen molar-refractivity contribution in [3.8, 4) is 0 Å². The Kier molecular flexibility index (Phi) is 3.64. The minimum absolute atomic E-state index is 0.145. The smallest absolute Gasteiger partial charge is 0.0900 e. The summed E-state index contributed by atoms with van der Waals surface area (Å²) in [5.41, 5.74) is 6.86. The minimum Gasteiger partial charge on any atom is -0.324 e. The van der Waals surface area contributed by atoms with Gasteiger partial charge in [0.25, 0.3) is 0 Å². The van der Waals surface area contributed by atoms with Gasteiger partial charge in [0.15, 0.2) is 0 Å². The van der Waals surface area contributed by atoms with Crippen molar-refractivity contribution in [3.63, 3.8) is 0 Å². The van der Waals surface area contributed by atoms with Crippen molar-refractivity contribution in [2.45, 2.75) is 39.8 Å². The van der Waals surface area contributed by atoms with E-state index in [1.165, 1.54) is 4.88 Å². The fourth-order valence-electron chi connectivity index (χ4n) is 1.24. The van der Waals surface area contributed by atoms with Gasteiger partial charge in [-0.15, -0.1) is 11.3 Å². The molecule has 3 nitrogen and oxygen atoms in total. The second-order valence-corrected chi connectivity index (χ2v) is 5.62. The van der Waals surface area contributed by atoms with Crippen LogP contribution >= 0.6 is 11.3 Å². The summed E-state index contributed by atoms with van der Waals surface area (Å²) in [4.78, 5) is 5.69. The van der Waals surface area contributed by atoms with Crippen LogP contribution in [0.2, 0.25) is 0 Å². The Morgan fingerprint density at radius 1 is 1.43 bits per heavy atom. The van der Waals surface area contributed by atoms with Gasteiger partial charge in [-0.05, 0) is 27.7 Å². The second kappa shape index (κ2) is 4.38. The summed E-state index contributed by atoms with van der Waals surface area (Å²) in [5, 5.41) is 4.47. The number of thiazole rings is 1. The third-order valence-electron chi connectivity index (χ3n) is 1.87. The van der Waals surface area contributed by atoms with Gasteiger partial charge in [-0.3, -0.25) is 0 Å². The van der Waals surface area contributed by atoms with E-state index < -0.39 is 0 Å². The van der Waals surface area contributed by atoms with Crippen LogP contribution in [0, 0.1) is 13.8 Å². The molecule has 0 aliphatic carbocycles. The molecular weight excluding hydrogens is 194 g/mol. The molecule has 14 heavy (non-hydrogen) atoms. The number of aryl methyl sites for hydroxylation is 2. The predicted molar refractivity (Wildman–Crippen MR) is 61.6 cm³/mol. The number of hydrogen-bond acceptors (Lipinski definition) is 4. The Bertz CT molecular complexity index is 299. The van der Waals surface area contributed by atoms with Crippen LogP contribution in [0.5, 0.6) is 0 Å². The largest absolute Gasteiger partial charge is 0.324 e. The molecule has 0 spiro atoms. The zero-order valence-corrected chi connectivity index (χ0v) is 10.2. The molecule has 0 unspecified atom stereocenters. The number of hydrogen-bond donors (Lipinski definition) is 2. The summed E-state index contributed by atoms with van der Waals surface area (Å²) in [6.45, 7) is 9.82. The molecule has 0 amide bonds. The van der Waals surface area contributed by atoms with E-state index >= 15 is 0 Å². The molecule has 0 atom stereocenters. The van der Waals surface area contributed by atoms with Gasteiger partial charge in [0.05, 0.1) is 10.7 Å². The molecule has 0 aliphatic rings. The van der Waals surface area contributed by atoms with Gasteiger partial charge in [0.1, 0.15) is 0 Å². The van der Waals surface area contributed by atoms with Crippen molar-refractivity contribution in [3.05, 3.63) is 15.6 Å². The maximum absolute atomic E-state index is 5.87. The van der Waals surface area contributed by atoms with Crippen molar-refractivity contribution in [1.29, 1.82) is 0 Å². The summed E-state index contributed by atoms with van der Waals surface area (Å²) in [6, 6.07) is 0. The highest BCUT2D eigenvalue weighted by atomic mass is 32.1. The van der Waals surface area contributed by atoms with E-state index in [1.807, 2.05) is 27.7 Å². The van der Waals surface area contributed by atoms with Crippen molar-refractivity contribution in [2.75, 3.05) is 6.54 Å². The number of rotatable bonds is 4. The molecule has 0 saturated heterocycles. The summed E-state index contributed by atoms with van der Waals surface area (Å²) in [7, 11) is 0. The van der Waals surface area contributed by atoms with Gasteiger partial charge >= 0.3 is 0 Å². The van der Waals surface area contributed by atoms with E-state index in [2.05, 4.69) is 10.3 Å². The first-order chi connectivity index (χ1) is 6.38. The topological polar surface area (TPSA) is 50.9 Å². The molecule has 4 heteroatoms. The van der Waals surface area contributed by atoms with Crippen molar-refractivity contribution in [1.82, 2.24) is 10.3 Å². The van der Waals surface area contributed by atoms with Crippen molar-refractivity contribution in [2.24, 2.45) is 5.73 Å². The molecule has 3 N–H and O–H groups in total. The zero-order valence-electron chi connectivity index (χ0n) is 9.35. The Balaban J connectivity index is 2.42. The lowest BCUT2D eigenvalue weighted by atomic mass is 10.1. The van der Waals surface area contributed by atoms with E-state index in [9.17, 15) is 0 Å². The van der Waals surface area contributed by atoms with E-state index in [4.69, 9.17) is 5.73 Å². The Hall–Kier alpha value is -0.450. The molecule has 0 aromatic carbocycles. The van der Waals surface area contributed by atoms with Crippen LogP contribution in [0.25, 0.3) is 0 Å². The molecule has 1 aromatic rings. The number of nitrogens with one attached hydrogen (secondary N) is 1.